The zero-order valence-corrected chi connectivity index (χ0v) is 12.8. The number of benzene rings is 1. The molecule has 0 aliphatic carbocycles. The molecule has 0 spiro atoms. The molecule has 110 valence electrons. The average molecular weight is 325 g/mol. The predicted molar refractivity (Wildman–Crippen MR) is 82.1 cm³/mol. The van der Waals surface area contributed by atoms with Gasteiger partial charge in [0.25, 0.3) is 0 Å². The summed E-state index contributed by atoms with van der Waals surface area (Å²) in [5.41, 5.74) is 1.92. The van der Waals surface area contributed by atoms with Gasteiger partial charge in [-0.2, -0.15) is 0 Å². The van der Waals surface area contributed by atoms with Gasteiger partial charge in [0, 0.05) is 10.6 Å². The van der Waals surface area contributed by atoms with E-state index in [2.05, 4.69) is 0 Å². The van der Waals surface area contributed by atoms with Gasteiger partial charge in [-0.05, 0) is 35.6 Å². The van der Waals surface area contributed by atoms with Crippen LogP contribution in [-0.2, 0) is 16.0 Å². The maximum absolute atomic E-state index is 11.6. The van der Waals surface area contributed by atoms with Crippen molar-refractivity contribution in [2.75, 3.05) is 6.61 Å². The molecule has 0 saturated heterocycles. The second-order valence-electron chi connectivity index (χ2n) is 4.26. The Kier molecular flexibility index (Phi) is 4.98. The average Bonchev–Trinajstić information content (AvgIpc) is 2.83. The number of halogens is 1. The molecule has 4 nitrogen and oxygen atoms in total. The van der Waals surface area contributed by atoms with Crippen molar-refractivity contribution in [3.8, 4) is 11.1 Å². The summed E-state index contributed by atoms with van der Waals surface area (Å²) in [6, 6.07) is 6.86. The molecule has 2 rings (SSSR count). The van der Waals surface area contributed by atoms with Crippen LogP contribution in [0, 0.1) is 0 Å². The fourth-order valence-electron chi connectivity index (χ4n) is 1.98. The fraction of sp³-hybridized carbons (Fsp3) is 0.200. The lowest BCUT2D eigenvalue weighted by atomic mass is 10.00. The summed E-state index contributed by atoms with van der Waals surface area (Å²) < 4.78 is 4.92. The minimum atomic E-state index is -1.01. The number of carboxylic acid groups (broad SMARTS) is 1. The highest BCUT2D eigenvalue weighted by molar-refractivity contribution is 7.12. The number of carbonyl (C=O) groups is 2. The van der Waals surface area contributed by atoms with Crippen LogP contribution in [0.1, 0.15) is 22.2 Å². The lowest BCUT2D eigenvalue weighted by Crippen LogP contribution is -2.08. The number of carbonyl (C=O) groups excluding carboxylic acids is 1. The molecule has 0 bridgehead atoms. The number of thiophene rings is 1. The summed E-state index contributed by atoms with van der Waals surface area (Å²) in [5.74, 6) is -1.39. The summed E-state index contributed by atoms with van der Waals surface area (Å²) in [5, 5.41) is 11.6. The van der Waals surface area contributed by atoms with E-state index in [4.69, 9.17) is 16.3 Å². The van der Waals surface area contributed by atoms with Crippen LogP contribution in [0.25, 0.3) is 11.1 Å². The number of carboxylic acids is 1. The first kappa shape index (κ1) is 15.5. The highest BCUT2D eigenvalue weighted by Crippen LogP contribution is 2.34. The molecular formula is C15H13ClO4S. The van der Waals surface area contributed by atoms with E-state index in [-0.39, 0.29) is 17.3 Å². The van der Waals surface area contributed by atoms with Crippen LogP contribution < -0.4 is 0 Å². The van der Waals surface area contributed by atoms with Crippen molar-refractivity contribution >= 4 is 34.9 Å². The molecule has 0 atom stereocenters. The molecule has 21 heavy (non-hydrogen) atoms. The van der Waals surface area contributed by atoms with Gasteiger partial charge in [0.15, 0.2) is 0 Å². The van der Waals surface area contributed by atoms with E-state index in [9.17, 15) is 14.7 Å². The molecule has 0 amide bonds. The van der Waals surface area contributed by atoms with E-state index in [1.54, 1.807) is 36.6 Å². The van der Waals surface area contributed by atoms with Crippen LogP contribution in [-0.4, -0.2) is 23.7 Å². The van der Waals surface area contributed by atoms with Gasteiger partial charge in [0.1, 0.15) is 4.88 Å². The quantitative estimate of drug-likeness (QED) is 0.848. The third-order valence-electron chi connectivity index (χ3n) is 2.83. The SMILES string of the molecule is CCOC(=O)Cc1csc(C(=O)O)c1-c1ccc(Cl)cc1. The Morgan fingerprint density at radius 3 is 2.52 bits per heavy atom. The van der Waals surface area contributed by atoms with Crippen LogP contribution in [0.15, 0.2) is 29.6 Å². The topological polar surface area (TPSA) is 63.6 Å². The van der Waals surface area contributed by atoms with Gasteiger partial charge in [0.05, 0.1) is 13.0 Å². The third kappa shape index (κ3) is 3.62. The Balaban J connectivity index is 2.45. The summed E-state index contributed by atoms with van der Waals surface area (Å²) in [7, 11) is 0. The molecule has 0 radical (unpaired) electrons. The molecule has 0 saturated carbocycles. The normalized spacial score (nSPS) is 10.4. The maximum atomic E-state index is 11.6. The minimum Gasteiger partial charge on any atom is -0.477 e. The van der Waals surface area contributed by atoms with Gasteiger partial charge in [-0.3, -0.25) is 4.79 Å². The number of hydrogen-bond acceptors (Lipinski definition) is 4. The number of esters is 1. The Hall–Kier alpha value is -1.85. The van der Waals surface area contributed by atoms with E-state index >= 15 is 0 Å². The van der Waals surface area contributed by atoms with Gasteiger partial charge < -0.3 is 9.84 Å². The first-order chi connectivity index (χ1) is 10.0. The monoisotopic (exact) mass is 324 g/mol. The number of aromatic carboxylic acids is 1. The molecule has 0 unspecified atom stereocenters. The maximum Gasteiger partial charge on any atom is 0.346 e. The zero-order chi connectivity index (χ0) is 15.4. The molecule has 1 heterocycles. The molecular weight excluding hydrogens is 312 g/mol. The Labute approximate surface area is 130 Å². The van der Waals surface area contributed by atoms with E-state index in [0.29, 0.717) is 22.8 Å². The number of rotatable bonds is 5. The number of ether oxygens (including phenoxy) is 1. The Bertz CT molecular complexity index is 661. The van der Waals surface area contributed by atoms with E-state index in [0.717, 1.165) is 16.9 Å². The zero-order valence-electron chi connectivity index (χ0n) is 11.3. The predicted octanol–water partition coefficient (Wildman–Crippen LogP) is 3.87. The third-order valence-corrected chi connectivity index (χ3v) is 4.10. The van der Waals surface area contributed by atoms with Gasteiger partial charge >= 0.3 is 11.9 Å². The molecule has 1 N–H and O–H groups in total. The Morgan fingerprint density at radius 2 is 1.95 bits per heavy atom. The first-order valence-electron chi connectivity index (χ1n) is 6.28. The van der Waals surface area contributed by atoms with Crippen molar-refractivity contribution in [1.82, 2.24) is 0 Å². The van der Waals surface area contributed by atoms with Gasteiger partial charge in [0.2, 0.25) is 0 Å². The smallest absolute Gasteiger partial charge is 0.346 e. The highest BCUT2D eigenvalue weighted by Gasteiger charge is 2.20. The van der Waals surface area contributed by atoms with E-state index in [1.807, 2.05) is 0 Å². The molecule has 2 aromatic rings. The van der Waals surface area contributed by atoms with Crippen molar-refractivity contribution < 1.29 is 19.4 Å². The van der Waals surface area contributed by atoms with Crippen molar-refractivity contribution in [3.63, 3.8) is 0 Å². The van der Waals surface area contributed by atoms with Gasteiger partial charge in [-0.25, -0.2) is 4.79 Å². The van der Waals surface area contributed by atoms with Gasteiger partial charge in [-0.1, -0.05) is 23.7 Å². The van der Waals surface area contributed by atoms with Crippen molar-refractivity contribution in [2.24, 2.45) is 0 Å². The van der Waals surface area contributed by atoms with Crippen molar-refractivity contribution in [2.45, 2.75) is 13.3 Å². The molecule has 6 heteroatoms. The lowest BCUT2D eigenvalue weighted by Gasteiger charge is -2.06. The molecule has 1 aromatic carbocycles. The van der Waals surface area contributed by atoms with Gasteiger partial charge in [-0.15, -0.1) is 11.3 Å². The van der Waals surface area contributed by atoms with E-state index in [1.165, 1.54) is 0 Å². The van der Waals surface area contributed by atoms with E-state index < -0.39 is 5.97 Å². The summed E-state index contributed by atoms with van der Waals surface area (Å²) in [6.07, 6.45) is 0.0512. The molecule has 0 aliphatic rings. The fourth-order valence-corrected chi connectivity index (χ4v) is 3.04. The largest absolute Gasteiger partial charge is 0.477 e. The summed E-state index contributed by atoms with van der Waals surface area (Å²) >= 11 is 6.96. The second-order valence-corrected chi connectivity index (χ2v) is 5.57. The van der Waals surface area contributed by atoms with Crippen LogP contribution in [0.3, 0.4) is 0 Å². The molecule has 0 fully saturated rings. The lowest BCUT2D eigenvalue weighted by molar-refractivity contribution is -0.142. The summed E-state index contributed by atoms with van der Waals surface area (Å²) in [4.78, 5) is 23.2. The Morgan fingerprint density at radius 1 is 1.29 bits per heavy atom. The van der Waals surface area contributed by atoms with Crippen LogP contribution in [0.4, 0.5) is 0 Å². The second kappa shape index (κ2) is 6.74. The first-order valence-corrected chi connectivity index (χ1v) is 7.54. The van der Waals surface area contributed by atoms with Crippen LogP contribution in [0.2, 0.25) is 5.02 Å². The van der Waals surface area contributed by atoms with Crippen molar-refractivity contribution in [1.29, 1.82) is 0 Å². The summed E-state index contributed by atoms with van der Waals surface area (Å²) in [6.45, 7) is 2.03. The minimum absolute atomic E-state index is 0.0512. The number of hydrogen-bond donors (Lipinski definition) is 1. The van der Waals surface area contributed by atoms with Crippen LogP contribution in [0.5, 0.6) is 0 Å². The standard InChI is InChI=1S/C15H13ClO4S/c1-2-20-12(17)7-10-8-21-14(15(18)19)13(10)9-3-5-11(16)6-4-9/h3-6,8H,2,7H2,1H3,(H,18,19). The highest BCUT2D eigenvalue weighted by atomic mass is 35.5. The van der Waals surface area contributed by atoms with Crippen molar-refractivity contribution in [3.05, 3.63) is 45.1 Å². The van der Waals surface area contributed by atoms with Crippen LogP contribution >= 0.6 is 22.9 Å². The molecule has 1 aromatic heterocycles. The molecule has 0 aliphatic heterocycles.